The van der Waals surface area contributed by atoms with Gasteiger partial charge in [-0.3, -0.25) is 0 Å². The van der Waals surface area contributed by atoms with Crippen LogP contribution in [0.15, 0.2) is 12.1 Å². The Hall–Kier alpha value is -1.30. The Morgan fingerprint density at radius 2 is 2.24 bits per heavy atom. The maximum absolute atomic E-state index is 4.60. The number of fused-ring (bicyclic) bond motifs is 1. The highest BCUT2D eigenvalue weighted by molar-refractivity contribution is 8.00. The van der Waals surface area contributed by atoms with Crippen molar-refractivity contribution >= 4 is 23.2 Å². The minimum absolute atomic E-state index is 0.670. The Morgan fingerprint density at radius 1 is 1.35 bits per heavy atom. The molecule has 1 atom stereocenters. The maximum atomic E-state index is 4.60. The molecule has 1 aliphatic heterocycles. The van der Waals surface area contributed by atoms with Gasteiger partial charge >= 0.3 is 0 Å². The second-order valence-electron chi connectivity index (χ2n) is 4.34. The molecule has 2 aromatic heterocycles. The van der Waals surface area contributed by atoms with Gasteiger partial charge in [0.25, 0.3) is 0 Å². The van der Waals surface area contributed by atoms with Crippen molar-refractivity contribution in [2.24, 2.45) is 0 Å². The lowest BCUT2D eigenvalue weighted by atomic mass is 10.3. The minimum Gasteiger partial charge on any atom is -0.353 e. The molecule has 3 heterocycles. The number of anilines is 1. The molecule has 0 unspecified atom stereocenters. The molecule has 90 valence electrons. The average Bonchev–Trinajstić information content (AvgIpc) is 2.71. The summed E-state index contributed by atoms with van der Waals surface area (Å²) in [5, 5.41) is 13.3. The van der Waals surface area contributed by atoms with Gasteiger partial charge in [-0.05, 0) is 19.1 Å². The summed E-state index contributed by atoms with van der Waals surface area (Å²) in [5.41, 5.74) is 0.811. The van der Waals surface area contributed by atoms with Crippen LogP contribution in [0, 0.1) is 6.92 Å². The first-order chi connectivity index (χ1) is 8.24. The summed E-state index contributed by atoms with van der Waals surface area (Å²) in [6.45, 7) is 6.31. The van der Waals surface area contributed by atoms with Crippen LogP contribution in [-0.2, 0) is 0 Å². The molecule has 1 saturated heterocycles. The molecule has 1 aliphatic rings. The number of rotatable bonds is 1. The number of hydrogen-bond acceptors (Lipinski definition) is 5. The Bertz CT molecular complexity index is 538. The van der Waals surface area contributed by atoms with Gasteiger partial charge in [-0.2, -0.15) is 16.3 Å². The Balaban J connectivity index is 1.96. The first kappa shape index (κ1) is 10.8. The average molecular weight is 249 g/mol. The Morgan fingerprint density at radius 3 is 3.06 bits per heavy atom. The molecule has 0 amide bonds. The van der Waals surface area contributed by atoms with Crippen molar-refractivity contribution in [2.75, 3.05) is 23.7 Å². The summed E-state index contributed by atoms with van der Waals surface area (Å²) in [6, 6.07) is 4.01. The first-order valence-electron chi connectivity index (χ1n) is 5.79. The van der Waals surface area contributed by atoms with E-state index in [1.807, 2.05) is 35.3 Å². The molecule has 0 aromatic carbocycles. The molecular weight excluding hydrogens is 234 g/mol. The van der Waals surface area contributed by atoms with Crippen LogP contribution in [-0.4, -0.2) is 43.9 Å². The van der Waals surface area contributed by atoms with E-state index in [0.717, 1.165) is 30.4 Å². The monoisotopic (exact) mass is 249 g/mol. The zero-order valence-corrected chi connectivity index (χ0v) is 10.8. The second-order valence-corrected chi connectivity index (χ2v) is 5.88. The van der Waals surface area contributed by atoms with Gasteiger partial charge in [0.2, 0.25) is 0 Å². The van der Waals surface area contributed by atoms with Crippen molar-refractivity contribution in [2.45, 2.75) is 19.1 Å². The predicted molar refractivity (Wildman–Crippen MR) is 69.7 cm³/mol. The SMILES string of the molecule is Cc1nnc2ccc(N3CCS[C@@H](C)C3)nn12. The van der Waals surface area contributed by atoms with Crippen molar-refractivity contribution in [1.82, 2.24) is 19.8 Å². The molecule has 1 fully saturated rings. The second kappa shape index (κ2) is 4.18. The van der Waals surface area contributed by atoms with E-state index < -0.39 is 0 Å². The van der Waals surface area contributed by atoms with Crippen LogP contribution in [0.2, 0.25) is 0 Å². The van der Waals surface area contributed by atoms with E-state index >= 15 is 0 Å². The van der Waals surface area contributed by atoms with E-state index in [0.29, 0.717) is 5.25 Å². The number of aromatic nitrogens is 4. The van der Waals surface area contributed by atoms with Crippen molar-refractivity contribution in [1.29, 1.82) is 0 Å². The predicted octanol–water partition coefficient (Wildman–Crippen LogP) is 1.37. The van der Waals surface area contributed by atoms with Crippen LogP contribution in [0.5, 0.6) is 0 Å². The summed E-state index contributed by atoms with van der Waals surface area (Å²) >= 11 is 2.02. The number of hydrogen-bond donors (Lipinski definition) is 0. The summed E-state index contributed by atoms with van der Waals surface area (Å²) in [7, 11) is 0. The van der Waals surface area contributed by atoms with Gasteiger partial charge < -0.3 is 4.90 Å². The van der Waals surface area contributed by atoms with Gasteiger partial charge in [-0.25, -0.2) is 0 Å². The molecular formula is C11H15N5S. The van der Waals surface area contributed by atoms with Crippen LogP contribution in [0.4, 0.5) is 5.82 Å². The fourth-order valence-corrected chi connectivity index (χ4v) is 3.10. The van der Waals surface area contributed by atoms with Crippen molar-refractivity contribution in [3.8, 4) is 0 Å². The normalized spacial score (nSPS) is 21.1. The highest BCUT2D eigenvalue weighted by Crippen LogP contribution is 2.22. The number of aryl methyl sites for hydroxylation is 1. The fraction of sp³-hybridized carbons (Fsp3) is 0.545. The van der Waals surface area contributed by atoms with Gasteiger partial charge in [0.15, 0.2) is 11.5 Å². The van der Waals surface area contributed by atoms with Gasteiger partial charge in [0.05, 0.1) is 0 Å². The zero-order valence-electron chi connectivity index (χ0n) is 10.00. The summed E-state index contributed by atoms with van der Waals surface area (Å²) < 4.78 is 1.81. The van der Waals surface area contributed by atoms with E-state index in [4.69, 9.17) is 0 Å². The third kappa shape index (κ3) is 1.97. The van der Waals surface area contributed by atoms with Gasteiger partial charge in [-0.1, -0.05) is 6.92 Å². The molecule has 0 aliphatic carbocycles. The van der Waals surface area contributed by atoms with Crippen LogP contribution in [0.3, 0.4) is 0 Å². The highest BCUT2D eigenvalue weighted by Gasteiger charge is 2.18. The smallest absolute Gasteiger partial charge is 0.178 e. The first-order valence-corrected chi connectivity index (χ1v) is 6.84. The summed E-state index contributed by atoms with van der Waals surface area (Å²) in [5.74, 6) is 3.02. The van der Waals surface area contributed by atoms with E-state index in [-0.39, 0.29) is 0 Å². The molecule has 0 saturated carbocycles. The van der Waals surface area contributed by atoms with Crippen LogP contribution >= 0.6 is 11.8 Å². The molecule has 17 heavy (non-hydrogen) atoms. The lowest BCUT2D eigenvalue weighted by Gasteiger charge is -2.31. The molecule has 0 N–H and O–H groups in total. The van der Waals surface area contributed by atoms with Crippen LogP contribution in [0.25, 0.3) is 5.65 Å². The van der Waals surface area contributed by atoms with Gasteiger partial charge in [-0.15, -0.1) is 15.3 Å². The third-order valence-corrected chi connectivity index (χ3v) is 4.11. The van der Waals surface area contributed by atoms with E-state index in [1.54, 1.807) is 0 Å². The van der Waals surface area contributed by atoms with Crippen molar-refractivity contribution in [3.05, 3.63) is 18.0 Å². The lowest BCUT2D eigenvalue weighted by Crippen LogP contribution is -2.37. The minimum atomic E-state index is 0.670. The van der Waals surface area contributed by atoms with E-state index in [2.05, 4.69) is 27.1 Å². The third-order valence-electron chi connectivity index (χ3n) is 2.97. The topological polar surface area (TPSA) is 46.3 Å². The molecule has 6 heteroatoms. The number of thioether (sulfide) groups is 1. The van der Waals surface area contributed by atoms with Crippen molar-refractivity contribution < 1.29 is 0 Å². The van der Waals surface area contributed by atoms with E-state index in [9.17, 15) is 0 Å². The van der Waals surface area contributed by atoms with Crippen LogP contribution < -0.4 is 4.90 Å². The fourth-order valence-electron chi connectivity index (χ4n) is 2.08. The van der Waals surface area contributed by atoms with Crippen LogP contribution in [0.1, 0.15) is 12.7 Å². The summed E-state index contributed by atoms with van der Waals surface area (Å²) in [4.78, 5) is 2.33. The number of nitrogens with zero attached hydrogens (tertiary/aromatic N) is 5. The van der Waals surface area contributed by atoms with Gasteiger partial charge in [0.1, 0.15) is 5.82 Å². The lowest BCUT2D eigenvalue weighted by molar-refractivity contribution is 0.746. The zero-order chi connectivity index (χ0) is 11.8. The Kier molecular flexibility index (Phi) is 2.66. The molecule has 2 aromatic rings. The standard InChI is InChI=1S/C11H15N5S/c1-8-7-15(5-6-17-8)11-4-3-10-13-12-9(2)16(10)14-11/h3-4,8H,5-7H2,1-2H3/t8-/m0/s1. The Labute approximate surface area is 104 Å². The maximum Gasteiger partial charge on any atom is 0.178 e. The molecule has 3 rings (SSSR count). The largest absolute Gasteiger partial charge is 0.353 e. The quantitative estimate of drug-likeness (QED) is 0.764. The molecule has 0 bridgehead atoms. The van der Waals surface area contributed by atoms with E-state index in [1.165, 1.54) is 5.75 Å². The van der Waals surface area contributed by atoms with Crippen molar-refractivity contribution in [3.63, 3.8) is 0 Å². The molecule has 5 nitrogen and oxygen atoms in total. The molecule has 0 radical (unpaired) electrons. The van der Waals surface area contributed by atoms with Gasteiger partial charge in [0, 0.05) is 24.1 Å². The molecule has 0 spiro atoms. The summed E-state index contributed by atoms with van der Waals surface area (Å²) in [6.07, 6.45) is 0. The highest BCUT2D eigenvalue weighted by atomic mass is 32.2.